The highest BCUT2D eigenvalue weighted by molar-refractivity contribution is 6.05. The Morgan fingerprint density at radius 1 is 1.09 bits per heavy atom. The van der Waals surface area contributed by atoms with Gasteiger partial charge in [-0.2, -0.15) is 0 Å². The number of ether oxygens (including phenoxy) is 2. The third-order valence-electron chi connectivity index (χ3n) is 5.32. The molecule has 0 unspecified atom stereocenters. The van der Waals surface area contributed by atoms with Gasteiger partial charge in [-0.25, -0.2) is 8.78 Å². The largest absolute Gasteiger partial charge is 0.497 e. The van der Waals surface area contributed by atoms with Gasteiger partial charge in [0.1, 0.15) is 17.1 Å². The van der Waals surface area contributed by atoms with Gasteiger partial charge in [0.05, 0.1) is 20.0 Å². The summed E-state index contributed by atoms with van der Waals surface area (Å²) in [7, 11) is 1.61. The minimum Gasteiger partial charge on any atom is -0.497 e. The van der Waals surface area contributed by atoms with Crippen LogP contribution in [0.25, 0.3) is 27.7 Å². The van der Waals surface area contributed by atoms with Crippen molar-refractivity contribution in [1.82, 2.24) is 0 Å². The Morgan fingerprint density at radius 3 is 2.65 bits per heavy atom. The molecule has 0 atom stereocenters. The van der Waals surface area contributed by atoms with Crippen LogP contribution in [-0.2, 0) is 4.79 Å². The number of benzene rings is 3. The highest BCUT2D eigenvalue weighted by Gasteiger charge is 2.16. The molecule has 4 aromatic rings. The van der Waals surface area contributed by atoms with Crippen LogP contribution in [0.1, 0.15) is 19.4 Å². The first-order chi connectivity index (χ1) is 16.4. The first-order valence-corrected chi connectivity index (χ1v) is 10.7. The number of hydrogen-bond donors (Lipinski definition) is 1. The molecule has 34 heavy (non-hydrogen) atoms. The standard InChI is InChI=1S/C27H23F2NO4/c1-4-33-25-14-26-21(22(15-34-26)17-6-5-7-19(11-17)32-3)13-20(25)16(2)10-27(31)30-18-8-9-23(28)24(29)12-18/h5-15H,4H2,1-3H3,(H,30,31)/b16-10+. The summed E-state index contributed by atoms with van der Waals surface area (Å²) in [5.41, 5.74) is 3.93. The Hall–Kier alpha value is -4.13. The average molecular weight is 463 g/mol. The van der Waals surface area contributed by atoms with Crippen LogP contribution in [0.2, 0.25) is 0 Å². The van der Waals surface area contributed by atoms with Crippen LogP contribution in [-0.4, -0.2) is 19.6 Å². The summed E-state index contributed by atoms with van der Waals surface area (Å²) < 4.78 is 43.6. The van der Waals surface area contributed by atoms with Crippen LogP contribution < -0.4 is 14.8 Å². The van der Waals surface area contributed by atoms with Crippen molar-refractivity contribution in [1.29, 1.82) is 0 Å². The molecule has 0 aliphatic carbocycles. The second-order valence-corrected chi connectivity index (χ2v) is 7.60. The van der Waals surface area contributed by atoms with E-state index in [2.05, 4.69) is 5.32 Å². The molecule has 0 fully saturated rings. The molecule has 0 saturated carbocycles. The molecule has 7 heteroatoms. The van der Waals surface area contributed by atoms with E-state index < -0.39 is 17.5 Å². The molecule has 1 heterocycles. The molecule has 1 aromatic heterocycles. The highest BCUT2D eigenvalue weighted by atomic mass is 19.2. The first kappa shape index (κ1) is 23.0. The summed E-state index contributed by atoms with van der Waals surface area (Å²) in [6.07, 6.45) is 3.06. The summed E-state index contributed by atoms with van der Waals surface area (Å²) in [4.78, 5) is 12.6. The van der Waals surface area contributed by atoms with Crippen molar-refractivity contribution < 1.29 is 27.5 Å². The van der Waals surface area contributed by atoms with Crippen LogP contribution in [0.5, 0.6) is 11.5 Å². The van der Waals surface area contributed by atoms with Crippen LogP contribution in [0.3, 0.4) is 0 Å². The van der Waals surface area contributed by atoms with E-state index >= 15 is 0 Å². The molecule has 4 rings (SSSR count). The predicted octanol–water partition coefficient (Wildman–Crippen LogP) is 6.83. The SMILES string of the molecule is CCOc1cc2occ(-c3cccc(OC)c3)c2cc1/C(C)=C/C(=O)Nc1ccc(F)c(F)c1. The highest BCUT2D eigenvalue weighted by Crippen LogP contribution is 2.38. The van der Waals surface area contributed by atoms with E-state index in [0.29, 0.717) is 29.1 Å². The van der Waals surface area contributed by atoms with Crippen molar-refractivity contribution in [2.45, 2.75) is 13.8 Å². The van der Waals surface area contributed by atoms with Gasteiger partial charge in [0.2, 0.25) is 5.91 Å². The van der Waals surface area contributed by atoms with Gasteiger partial charge in [0.25, 0.3) is 0 Å². The summed E-state index contributed by atoms with van der Waals surface area (Å²) in [6, 6.07) is 14.5. The van der Waals surface area contributed by atoms with E-state index in [1.807, 2.05) is 37.3 Å². The van der Waals surface area contributed by atoms with E-state index in [1.54, 1.807) is 26.4 Å². The summed E-state index contributed by atoms with van der Waals surface area (Å²) in [6.45, 7) is 4.07. The van der Waals surface area contributed by atoms with Gasteiger partial charge in [-0.05, 0) is 55.3 Å². The Labute approximate surface area is 195 Å². The Morgan fingerprint density at radius 2 is 1.91 bits per heavy atom. The lowest BCUT2D eigenvalue weighted by molar-refractivity contribution is -0.111. The summed E-state index contributed by atoms with van der Waals surface area (Å²) in [5.74, 6) is -1.20. The number of carbonyl (C=O) groups excluding carboxylic acids is 1. The molecular weight excluding hydrogens is 440 g/mol. The molecule has 174 valence electrons. The van der Waals surface area contributed by atoms with Crippen LogP contribution in [0.15, 0.2) is 71.4 Å². The van der Waals surface area contributed by atoms with Crippen LogP contribution in [0.4, 0.5) is 14.5 Å². The van der Waals surface area contributed by atoms with Gasteiger partial charge in [-0.3, -0.25) is 4.79 Å². The average Bonchev–Trinajstić information content (AvgIpc) is 3.24. The van der Waals surface area contributed by atoms with Gasteiger partial charge in [-0.1, -0.05) is 12.1 Å². The number of carbonyl (C=O) groups is 1. The zero-order valence-corrected chi connectivity index (χ0v) is 18.9. The lowest BCUT2D eigenvalue weighted by atomic mass is 9.99. The van der Waals surface area contributed by atoms with Gasteiger partial charge < -0.3 is 19.2 Å². The summed E-state index contributed by atoms with van der Waals surface area (Å²) in [5, 5.41) is 3.40. The summed E-state index contributed by atoms with van der Waals surface area (Å²) >= 11 is 0. The Bertz CT molecular complexity index is 1390. The molecule has 5 nitrogen and oxygen atoms in total. The topological polar surface area (TPSA) is 60.7 Å². The van der Waals surface area contributed by atoms with E-state index in [9.17, 15) is 13.6 Å². The molecule has 0 radical (unpaired) electrons. The minimum atomic E-state index is -1.03. The number of methoxy groups -OCH3 is 1. The third kappa shape index (κ3) is 4.78. The first-order valence-electron chi connectivity index (χ1n) is 10.7. The number of halogens is 2. The minimum absolute atomic E-state index is 0.156. The fraction of sp³-hybridized carbons (Fsp3) is 0.148. The maximum absolute atomic E-state index is 13.5. The second kappa shape index (κ2) is 9.79. The quantitative estimate of drug-likeness (QED) is 0.305. The molecule has 0 spiro atoms. The fourth-order valence-electron chi connectivity index (χ4n) is 3.68. The van der Waals surface area contributed by atoms with Gasteiger partial charge >= 0.3 is 0 Å². The lowest BCUT2D eigenvalue weighted by Crippen LogP contribution is -2.09. The fourth-order valence-corrected chi connectivity index (χ4v) is 3.68. The third-order valence-corrected chi connectivity index (χ3v) is 5.32. The van der Waals surface area contributed by atoms with Crippen LogP contribution in [0, 0.1) is 11.6 Å². The van der Waals surface area contributed by atoms with Crippen molar-refractivity contribution in [3.63, 3.8) is 0 Å². The lowest BCUT2D eigenvalue weighted by Gasteiger charge is -2.12. The maximum Gasteiger partial charge on any atom is 0.248 e. The number of anilines is 1. The van der Waals surface area contributed by atoms with E-state index in [1.165, 1.54) is 12.1 Å². The number of amides is 1. The van der Waals surface area contributed by atoms with Crippen molar-refractivity contribution in [2.75, 3.05) is 19.0 Å². The number of allylic oxidation sites excluding steroid dienone is 1. The Balaban J connectivity index is 1.72. The van der Waals surface area contributed by atoms with E-state index in [-0.39, 0.29) is 5.69 Å². The maximum atomic E-state index is 13.5. The van der Waals surface area contributed by atoms with Crippen molar-refractivity contribution >= 4 is 28.1 Å². The monoisotopic (exact) mass is 463 g/mol. The molecule has 3 aromatic carbocycles. The van der Waals surface area contributed by atoms with Crippen molar-refractivity contribution in [3.05, 3.63) is 84.1 Å². The number of fused-ring (bicyclic) bond motifs is 1. The zero-order valence-electron chi connectivity index (χ0n) is 18.9. The number of hydrogen-bond acceptors (Lipinski definition) is 4. The number of furan rings is 1. The molecule has 0 saturated heterocycles. The van der Waals surface area contributed by atoms with Crippen molar-refractivity contribution in [3.8, 4) is 22.6 Å². The molecule has 0 aliphatic heterocycles. The molecule has 1 N–H and O–H groups in total. The zero-order chi connectivity index (χ0) is 24.2. The molecule has 0 aliphatic rings. The molecule has 0 bridgehead atoms. The van der Waals surface area contributed by atoms with Crippen LogP contribution >= 0.6 is 0 Å². The molecule has 1 amide bonds. The Kier molecular flexibility index (Phi) is 6.63. The van der Waals surface area contributed by atoms with Gasteiger partial charge in [0, 0.05) is 40.4 Å². The van der Waals surface area contributed by atoms with E-state index in [0.717, 1.165) is 34.4 Å². The van der Waals surface area contributed by atoms with Gasteiger partial charge in [-0.15, -0.1) is 0 Å². The smallest absolute Gasteiger partial charge is 0.248 e. The predicted molar refractivity (Wildman–Crippen MR) is 128 cm³/mol. The number of nitrogens with one attached hydrogen (secondary N) is 1. The number of rotatable bonds is 7. The normalized spacial score (nSPS) is 11.5. The van der Waals surface area contributed by atoms with Crippen molar-refractivity contribution in [2.24, 2.45) is 0 Å². The van der Waals surface area contributed by atoms with Gasteiger partial charge in [0.15, 0.2) is 11.6 Å². The second-order valence-electron chi connectivity index (χ2n) is 7.60. The molecular formula is C27H23F2NO4. The van der Waals surface area contributed by atoms with E-state index in [4.69, 9.17) is 13.9 Å².